The summed E-state index contributed by atoms with van der Waals surface area (Å²) >= 11 is 0. The van der Waals surface area contributed by atoms with Gasteiger partial charge in [0.2, 0.25) is 0 Å². The van der Waals surface area contributed by atoms with Gasteiger partial charge in [-0.2, -0.15) is 0 Å². The molecule has 0 fully saturated rings. The molecule has 0 radical (unpaired) electrons. The molecule has 16 heavy (non-hydrogen) atoms. The highest BCUT2D eigenvalue weighted by atomic mass is 16.6. The second kappa shape index (κ2) is 6.77. The Balaban J connectivity index is 3.70. The fourth-order valence-electron chi connectivity index (χ4n) is 1.41. The highest BCUT2D eigenvalue weighted by molar-refractivity contribution is 5.67. The van der Waals surface area contributed by atoms with E-state index in [9.17, 15) is 4.79 Å². The second-order valence-electron chi connectivity index (χ2n) is 5.87. The lowest BCUT2D eigenvalue weighted by Gasteiger charge is -2.22. The molecular formula is C13H27NO2. The van der Waals surface area contributed by atoms with Crippen LogP contribution in [0.4, 0.5) is 4.79 Å². The molecular weight excluding hydrogens is 202 g/mol. The molecule has 0 heterocycles. The number of hydrogen-bond donors (Lipinski definition) is 1. The first-order chi connectivity index (χ1) is 7.20. The number of amides is 1. The van der Waals surface area contributed by atoms with Crippen LogP contribution >= 0.6 is 0 Å². The number of alkyl carbamates (subject to hydrolysis) is 1. The highest BCUT2D eigenvalue weighted by Gasteiger charge is 2.17. The van der Waals surface area contributed by atoms with Gasteiger partial charge in [-0.25, -0.2) is 4.79 Å². The minimum absolute atomic E-state index is 0.189. The topological polar surface area (TPSA) is 38.3 Å². The minimum Gasteiger partial charge on any atom is -0.444 e. The summed E-state index contributed by atoms with van der Waals surface area (Å²) in [6.07, 6.45) is 3.05. The Morgan fingerprint density at radius 2 is 1.75 bits per heavy atom. The van der Waals surface area contributed by atoms with E-state index >= 15 is 0 Å². The summed E-state index contributed by atoms with van der Waals surface area (Å²) in [6, 6.07) is 0.189. The van der Waals surface area contributed by atoms with E-state index in [1.54, 1.807) is 0 Å². The molecule has 0 unspecified atom stereocenters. The molecule has 0 saturated carbocycles. The van der Waals surface area contributed by atoms with Gasteiger partial charge in [-0.05, 0) is 40.0 Å². The van der Waals surface area contributed by atoms with Crippen molar-refractivity contribution in [3.8, 4) is 0 Å². The maximum atomic E-state index is 11.4. The van der Waals surface area contributed by atoms with Crippen molar-refractivity contribution in [2.75, 3.05) is 0 Å². The average Bonchev–Trinajstić information content (AvgIpc) is 1.98. The summed E-state index contributed by atoms with van der Waals surface area (Å²) in [4.78, 5) is 11.4. The first-order valence-corrected chi connectivity index (χ1v) is 6.20. The molecule has 1 atom stereocenters. The molecule has 3 heteroatoms. The zero-order valence-corrected chi connectivity index (χ0v) is 11.6. The zero-order chi connectivity index (χ0) is 12.8. The Morgan fingerprint density at radius 1 is 1.19 bits per heavy atom. The zero-order valence-electron chi connectivity index (χ0n) is 11.6. The molecule has 0 bridgehead atoms. The predicted octanol–water partition coefficient (Wildman–Crippen LogP) is 3.73. The molecule has 0 rings (SSSR count). The van der Waals surface area contributed by atoms with Gasteiger partial charge >= 0.3 is 6.09 Å². The van der Waals surface area contributed by atoms with Crippen LogP contribution in [-0.2, 0) is 4.74 Å². The number of rotatable bonds is 5. The van der Waals surface area contributed by atoms with Crippen LogP contribution in [0.3, 0.4) is 0 Å². The van der Waals surface area contributed by atoms with Gasteiger partial charge in [0.15, 0.2) is 0 Å². The van der Waals surface area contributed by atoms with Crippen LogP contribution in [-0.4, -0.2) is 17.7 Å². The largest absolute Gasteiger partial charge is 0.444 e. The van der Waals surface area contributed by atoms with Crippen LogP contribution < -0.4 is 5.32 Å². The van der Waals surface area contributed by atoms with Crippen LogP contribution in [0.25, 0.3) is 0 Å². The molecule has 0 spiro atoms. The van der Waals surface area contributed by atoms with E-state index < -0.39 is 5.60 Å². The van der Waals surface area contributed by atoms with E-state index in [1.165, 1.54) is 6.42 Å². The van der Waals surface area contributed by atoms with E-state index in [4.69, 9.17) is 4.74 Å². The van der Waals surface area contributed by atoms with Crippen molar-refractivity contribution in [1.29, 1.82) is 0 Å². The van der Waals surface area contributed by atoms with E-state index in [-0.39, 0.29) is 12.1 Å². The monoisotopic (exact) mass is 229 g/mol. The molecule has 0 aromatic rings. The second-order valence-corrected chi connectivity index (χ2v) is 5.87. The molecule has 96 valence electrons. The van der Waals surface area contributed by atoms with Crippen LogP contribution in [0, 0.1) is 5.92 Å². The maximum Gasteiger partial charge on any atom is 0.407 e. The van der Waals surface area contributed by atoms with E-state index in [0.29, 0.717) is 0 Å². The maximum absolute atomic E-state index is 11.4. The third kappa shape index (κ3) is 9.81. The normalized spacial score (nSPS) is 13.7. The van der Waals surface area contributed by atoms with Crippen molar-refractivity contribution < 1.29 is 9.53 Å². The van der Waals surface area contributed by atoms with Crippen molar-refractivity contribution in [3.05, 3.63) is 0 Å². The SMILES string of the molecule is CC(C)CCC[C@@H](C)NC(=O)OC(C)(C)C. The Bertz CT molecular complexity index is 206. The lowest BCUT2D eigenvalue weighted by Crippen LogP contribution is -2.37. The Kier molecular flexibility index (Phi) is 6.46. The summed E-state index contributed by atoms with van der Waals surface area (Å²) in [5.74, 6) is 0.730. The Hall–Kier alpha value is -0.730. The molecule has 0 aliphatic heterocycles. The van der Waals surface area contributed by atoms with E-state index in [1.807, 2.05) is 27.7 Å². The van der Waals surface area contributed by atoms with Gasteiger partial charge in [0.25, 0.3) is 0 Å². The first kappa shape index (κ1) is 15.3. The standard InChI is InChI=1S/C13H27NO2/c1-10(2)8-7-9-11(3)14-12(15)16-13(4,5)6/h10-11H,7-9H2,1-6H3,(H,14,15)/t11-/m1/s1. The summed E-state index contributed by atoms with van der Waals surface area (Å²) in [5, 5.41) is 2.85. The molecule has 1 N–H and O–H groups in total. The first-order valence-electron chi connectivity index (χ1n) is 6.20. The predicted molar refractivity (Wildman–Crippen MR) is 67.5 cm³/mol. The number of nitrogens with one attached hydrogen (secondary N) is 1. The Labute approximate surface area is 99.9 Å². The summed E-state index contributed by atoms with van der Waals surface area (Å²) in [6.45, 7) is 12.1. The van der Waals surface area contributed by atoms with Crippen molar-refractivity contribution in [2.45, 2.75) is 72.4 Å². The van der Waals surface area contributed by atoms with Crippen LogP contribution in [0.2, 0.25) is 0 Å². The number of hydrogen-bond acceptors (Lipinski definition) is 2. The van der Waals surface area contributed by atoms with Gasteiger partial charge in [-0.3, -0.25) is 0 Å². The van der Waals surface area contributed by atoms with Gasteiger partial charge in [0.05, 0.1) is 0 Å². The number of carbonyl (C=O) groups excluding carboxylic acids is 1. The molecule has 0 aromatic heterocycles. The summed E-state index contributed by atoms with van der Waals surface area (Å²) < 4.78 is 5.19. The van der Waals surface area contributed by atoms with Gasteiger partial charge in [0, 0.05) is 6.04 Å². The highest BCUT2D eigenvalue weighted by Crippen LogP contribution is 2.10. The van der Waals surface area contributed by atoms with Crippen LogP contribution in [0.5, 0.6) is 0 Å². The molecule has 0 aromatic carbocycles. The summed E-state index contributed by atoms with van der Waals surface area (Å²) in [5.41, 5.74) is -0.415. The van der Waals surface area contributed by atoms with Crippen molar-refractivity contribution in [1.82, 2.24) is 5.32 Å². The van der Waals surface area contributed by atoms with E-state index in [0.717, 1.165) is 18.8 Å². The van der Waals surface area contributed by atoms with Crippen molar-refractivity contribution in [2.24, 2.45) is 5.92 Å². The average molecular weight is 229 g/mol. The van der Waals surface area contributed by atoms with Gasteiger partial charge < -0.3 is 10.1 Å². The molecule has 0 aliphatic rings. The van der Waals surface area contributed by atoms with Gasteiger partial charge in [0.1, 0.15) is 5.60 Å². The lowest BCUT2D eigenvalue weighted by molar-refractivity contribution is 0.0505. The van der Waals surface area contributed by atoms with Crippen LogP contribution in [0.1, 0.15) is 60.8 Å². The minimum atomic E-state index is -0.415. The smallest absolute Gasteiger partial charge is 0.407 e. The number of carbonyl (C=O) groups is 1. The molecule has 0 aliphatic carbocycles. The Morgan fingerprint density at radius 3 is 2.19 bits per heavy atom. The quantitative estimate of drug-likeness (QED) is 0.780. The summed E-state index contributed by atoms with van der Waals surface area (Å²) in [7, 11) is 0. The number of ether oxygens (including phenoxy) is 1. The fourth-order valence-corrected chi connectivity index (χ4v) is 1.41. The van der Waals surface area contributed by atoms with Gasteiger partial charge in [-0.1, -0.05) is 26.7 Å². The van der Waals surface area contributed by atoms with E-state index in [2.05, 4.69) is 19.2 Å². The third-order valence-electron chi connectivity index (χ3n) is 2.18. The van der Waals surface area contributed by atoms with Gasteiger partial charge in [-0.15, -0.1) is 0 Å². The lowest BCUT2D eigenvalue weighted by atomic mass is 10.0. The van der Waals surface area contributed by atoms with Crippen molar-refractivity contribution in [3.63, 3.8) is 0 Å². The third-order valence-corrected chi connectivity index (χ3v) is 2.18. The molecule has 1 amide bonds. The molecule has 0 saturated heterocycles. The van der Waals surface area contributed by atoms with Crippen molar-refractivity contribution >= 4 is 6.09 Å². The fraction of sp³-hybridized carbons (Fsp3) is 0.923. The molecule has 3 nitrogen and oxygen atoms in total. The van der Waals surface area contributed by atoms with Crippen LogP contribution in [0.15, 0.2) is 0 Å².